The number of quaternary nitrogens is 1. The van der Waals surface area contributed by atoms with Crippen molar-refractivity contribution < 1.29 is 23.5 Å². The molecule has 0 radical (unpaired) electrons. The monoisotopic (exact) mass is 379 g/mol. The van der Waals surface area contributed by atoms with Gasteiger partial charge >= 0.3 is 6.16 Å². The Bertz CT molecular complexity index is 592. The highest BCUT2D eigenvalue weighted by Gasteiger charge is 2.28. The van der Waals surface area contributed by atoms with Gasteiger partial charge < -0.3 is 19.3 Å². The van der Waals surface area contributed by atoms with Crippen molar-refractivity contribution in [3.8, 4) is 0 Å². The minimum absolute atomic E-state index is 0.0263. The summed E-state index contributed by atoms with van der Waals surface area (Å²) in [6.45, 7) is 13.2. The minimum atomic E-state index is -0.631. The van der Waals surface area contributed by atoms with Gasteiger partial charge in [-0.2, -0.15) is 0 Å². The molecule has 0 unspecified atom stereocenters. The number of para-hydroxylation sites is 1. The Labute approximate surface area is 163 Å². The quantitative estimate of drug-likeness (QED) is 0.358. The van der Waals surface area contributed by atoms with Gasteiger partial charge in [-0.3, -0.25) is 4.79 Å². The van der Waals surface area contributed by atoms with E-state index in [0.717, 1.165) is 42.7 Å². The highest BCUT2D eigenvalue weighted by Crippen LogP contribution is 2.19. The predicted molar refractivity (Wildman–Crippen MR) is 108 cm³/mol. The van der Waals surface area contributed by atoms with E-state index < -0.39 is 6.16 Å². The lowest BCUT2D eigenvalue weighted by Gasteiger charge is -2.35. The lowest BCUT2D eigenvalue weighted by atomic mass is 10.1. The average molecular weight is 380 g/mol. The number of likely N-dealkylation sites (N-methyl/N-ethyl adjacent to an activating group) is 1. The standard InChI is InChI=1S/C21H34N2O4/c1-6-9-14-26-21(25)27-15-13-23(7-2,8-3)16-19(24)22-20-17(4)11-10-12-18(20)5/h10-12H,6-9,13-16H2,1-5H3/p+1. The van der Waals surface area contributed by atoms with E-state index in [9.17, 15) is 9.59 Å². The zero-order valence-corrected chi connectivity index (χ0v) is 17.5. The maximum atomic E-state index is 12.7. The number of anilines is 1. The number of unbranched alkanes of at least 4 members (excludes halogenated alkanes) is 1. The van der Waals surface area contributed by atoms with Gasteiger partial charge in [0.25, 0.3) is 5.91 Å². The van der Waals surface area contributed by atoms with Crippen LogP contribution in [-0.2, 0) is 14.3 Å². The molecule has 27 heavy (non-hydrogen) atoms. The number of amides is 1. The largest absolute Gasteiger partial charge is 0.508 e. The first-order valence-corrected chi connectivity index (χ1v) is 9.88. The van der Waals surface area contributed by atoms with Crippen LogP contribution in [0.1, 0.15) is 44.7 Å². The topological polar surface area (TPSA) is 64.6 Å². The molecule has 1 rings (SSSR count). The van der Waals surface area contributed by atoms with Crippen LogP contribution in [0.2, 0.25) is 0 Å². The van der Waals surface area contributed by atoms with Crippen LogP contribution in [0.4, 0.5) is 10.5 Å². The lowest BCUT2D eigenvalue weighted by molar-refractivity contribution is -0.917. The number of carbonyl (C=O) groups is 2. The van der Waals surface area contributed by atoms with Crippen LogP contribution < -0.4 is 5.32 Å². The van der Waals surface area contributed by atoms with Gasteiger partial charge in [0.05, 0.1) is 19.7 Å². The first kappa shape index (κ1) is 23.0. The molecule has 6 nitrogen and oxygen atoms in total. The van der Waals surface area contributed by atoms with Gasteiger partial charge in [0.1, 0.15) is 13.2 Å². The fourth-order valence-corrected chi connectivity index (χ4v) is 3.00. The van der Waals surface area contributed by atoms with Crippen molar-refractivity contribution in [2.24, 2.45) is 0 Å². The van der Waals surface area contributed by atoms with E-state index in [1.54, 1.807) is 0 Å². The molecular weight excluding hydrogens is 344 g/mol. The van der Waals surface area contributed by atoms with Crippen LogP contribution in [0.15, 0.2) is 18.2 Å². The molecule has 0 saturated carbocycles. The third-order valence-electron chi connectivity index (χ3n) is 5.07. The van der Waals surface area contributed by atoms with Crippen LogP contribution in [-0.4, -0.2) is 55.9 Å². The Kier molecular flexibility index (Phi) is 9.86. The van der Waals surface area contributed by atoms with Gasteiger partial charge in [-0.25, -0.2) is 4.79 Å². The SMILES string of the molecule is CCCCOC(=O)OCC[N+](CC)(CC)CC(=O)Nc1c(C)cccc1C. The third kappa shape index (κ3) is 7.59. The second kappa shape index (κ2) is 11.6. The molecule has 152 valence electrons. The van der Waals surface area contributed by atoms with Crippen LogP contribution in [0.3, 0.4) is 0 Å². The van der Waals surface area contributed by atoms with Crippen molar-refractivity contribution >= 4 is 17.7 Å². The Balaban J connectivity index is 2.60. The molecular formula is C21H35N2O4+. The number of rotatable bonds is 11. The molecule has 1 amide bonds. The van der Waals surface area contributed by atoms with E-state index in [1.165, 1.54) is 0 Å². The molecule has 0 saturated heterocycles. The summed E-state index contributed by atoms with van der Waals surface area (Å²) >= 11 is 0. The molecule has 0 atom stereocenters. The molecule has 1 aromatic carbocycles. The fraction of sp³-hybridized carbons (Fsp3) is 0.619. The number of nitrogens with one attached hydrogen (secondary N) is 1. The van der Waals surface area contributed by atoms with E-state index in [4.69, 9.17) is 9.47 Å². The van der Waals surface area contributed by atoms with Crippen LogP contribution in [0.5, 0.6) is 0 Å². The number of carbonyl (C=O) groups excluding carboxylic acids is 2. The Morgan fingerprint density at radius 2 is 1.59 bits per heavy atom. The van der Waals surface area contributed by atoms with Crippen molar-refractivity contribution in [1.82, 2.24) is 0 Å². The van der Waals surface area contributed by atoms with E-state index in [0.29, 0.717) is 24.2 Å². The molecule has 0 aliphatic rings. The minimum Gasteiger partial charge on any atom is -0.434 e. The molecule has 6 heteroatoms. The molecule has 1 N–H and O–H groups in total. The van der Waals surface area contributed by atoms with E-state index in [2.05, 4.69) is 19.2 Å². The summed E-state index contributed by atoms with van der Waals surface area (Å²) in [6, 6.07) is 5.96. The van der Waals surface area contributed by atoms with E-state index in [-0.39, 0.29) is 12.5 Å². The summed E-state index contributed by atoms with van der Waals surface area (Å²) in [5, 5.41) is 3.05. The van der Waals surface area contributed by atoms with Crippen LogP contribution in [0, 0.1) is 13.8 Å². The van der Waals surface area contributed by atoms with Crippen molar-refractivity contribution in [2.45, 2.75) is 47.5 Å². The second-order valence-corrected chi connectivity index (χ2v) is 6.97. The lowest BCUT2D eigenvalue weighted by Crippen LogP contribution is -2.54. The summed E-state index contributed by atoms with van der Waals surface area (Å²) in [6.07, 6.45) is 1.17. The van der Waals surface area contributed by atoms with Crippen molar-refractivity contribution in [3.63, 3.8) is 0 Å². The molecule has 1 aromatic rings. The Morgan fingerprint density at radius 1 is 1.00 bits per heavy atom. The Hall–Kier alpha value is -2.08. The zero-order chi connectivity index (χ0) is 20.3. The fourth-order valence-electron chi connectivity index (χ4n) is 3.00. The number of hydrogen-bond donors (Lipinski definition) is 1. The van der Waals surface area contributed by atoms with Gasteiger partial charge in [0, 0.05) is 5.69 Å². The van der Waals surface area contributed by atoms with Crippen molar-refractivity contribution in [1.29, 1.82) is 0 Å². The van der Waals surface area contributed by atoms with Crippen LogP contribution in [0.25, 0.3) is 0 Å². The normalized spacial score (nSPS) is 11.1. The number of ether oxygens (including phenoxy) is 2. The summed E-state index contributed by atoms with van der Waals surface area (Å²) < 4.78 is 10.7. The number of hydrogen-bond acceptors (Lipinski definition) is 4. The second-order valence-electron chi connectivity index (χ2n) is 6.97. The number of aryl methyl sites for hydroxylation is 2. The third-order valence-corrected chi connectivity index (χ3v) is 5.07. The Morgan fingerprint density at radius 3 is 2.15 bits per heavy atom. The van der Waals surface area contributed by atoms with Gasteiger partial charge in [-0.05, 0) is 45.2 Å². The van der Waals surface area contributed by atoms with Crippen molar-refractivity contribution in [2.75, 3.05) is 44.7 Å². The zero-order valence-electron chi connectivity index (χ0n) is 17.5. The molecule has 0 fully saturated rings. The highest BCUT2D eigenvalue weighted by atomic mass is 16.7. The first-order valence-electron chi connectivity index (χ1n) is 9.88. The number of benzene rings is 1. The van der Waals surface area contributed by atoms with Crippen LogP contribution >= 0.6 is 0 Å². The van der Waals surface area contributed by atoms with Gasteiger partial charge in [0.15, 0.2) is 6.54 Å². The molecule has 0 aliphatic heterocycles. The molecule has 0 aromatic heterocycles. The highest BCUT2D eigenvalue weighted by molar-refractivity contribution is 5.93. The predicted octanol–water partition coefficient (Wildman–Crippen LogP) is 4.05. The number of nitrogens with zero attached hydrogens (tertiary/aromatic N) is 1. The average Bonchev–Trinajstić information content (AvgIpc) is 2.64. The summed E-state index contributed by atoms with van der Waals surface area (Å²) in [7, 11) is 0. The maximum absolute atomic E-state index is 12.7. The summed E-state index contributed by atoms with van der Waals surface area (Å²) in [5.74, 6) is -0.0263. The maximum Gasteiger partial charge on any atom is 0.508 e. The van der Waals surface area contributed by atoms with Gasteiger partial charge in [-0.15, -0.1) is 0 Å². The van der Waals surface area contributed by atoms with E-state index in [1.807, 2.05) is 39.0 Å². The first-order chi connectivity index (χ1) is 12.9. The van der Waals surface area contributed by atoms with Gasteiger partial charge in [-0.1, -0.05) is 31.5 Å². The molecule has 0 aliphatic carbocycles. The van der Waals surface area contributed by atoms with E-state index >= 15 is 0 Å². The molecule has 0 bridgehead atoms. The molecule has 0 heterocycles. The van der Waals surface area contributed by atoms with Crippen molar-refractivity contribution in [3.05, 3.63) is 29.3 Å². The van der Waals surface area contributed by atoms with Gasteiger partial charge in [0.2, 0.25) is 0 Å². The molecule has 0 spiro atoms. The summed E-state index contributed by atoms with van der Waals surface area (Å²) in [4.78, 5) is 24.3. The summed E-state index contributed by atoms with van der Waals surface area (Å²) in [5.41, 5.74) is 2.98. The smallest absolute Gasteiger partial charge is 0.434 e.